The van der Waals surface area contributed by atoms with Gasteiger partial charge in [-0.25, -0.2) is 8.42 Å². The molecule has 0 bridgehead atoms. The van der Waals surface area contributed by atoms with Crippen molar-refractivity contribution in [1.82, 2.24) is 4.31 Å². The maximum Gasteiger partial charge on any atom is 0.243 e. The molecule has 3 nitrogen and oxygen atoms in total. The maximum atomic E-state index is 12.0. The first-order chi connectivity index (χ1) is 6.92. The number of sulfonamides is 1. The van der Waals surface area contributed by atoms with Crippen LogP contribution in [0.15, 0.2) is 35.2 Å². The van der Waals surface area contributed by atoms with Crippen LogP contribution in [-0.4, -0.2) is 25.8 Å². The molecule has 0 spiro atoms. The van der Waals surface area contributed by atoms with Crippen molar-refractivity contribution in [1.29, 1.82) is 0 Å². The lowest BCUT2D eigenvalue weighted by atomic mass is 9.87. The first kappa shape index (κ1) is 10.6. The van der Waals surface area contributed by atoms with E-state index in [0.717, 1.165) is 0 Å². The van der Waals surface area contributed by atoms with Gasteiger partial charge in [0.15, 0.2) is 0 Å². The molecule has 1 aromatic rings. The summed E-state index contributed by atoms with van der Waals surface area (Å²) in [6.07, 6.45) is 0. The van der Waals surface area contributed by atoms with E-state index in [1.165, 1.54) is 4.31 Å². The first-order valence-corrected chi connectivity index (χ1v) is 6.41. The van der Waals surface area contributed by atoms with Crippen LogP contribution in [0.4, 0.5) is 0 Å². The first-order valence-electron chi connectivity index (χ1n) is 4.97. The Kier molecular flexibility index (Phi) is 2.35. The van der Waals surface area contributed by atoms with Crippen molar-refractivity contribution in [2.24, 2.45) is 5.41 Å². The van der Waals surface area contributed by atoms with Crippen LogP contribution in [-0.2, 0) is 10.0 Å². The molecule has 0 radical (unpaired) electrons. The molecule has 0 unspecified atom stereocenters. The molecule has 0 N–H and O–H groups in total. The number of benzene rings is 1. The maximum absolute atomic E-state index is 12.0. The fourth-order valence-electron chi connectivity index (χ4n) is 1.82. The number of rotatable bonds is 2. The quantitative estimate of drug-likeness (QED) is 0.768. The molecule has 0 amide bonds. The minimum Gasteiger partial charge on any atom is -0.207 e. The van der Waals surface area contributed by atoms with Crippen molar-refractivity contribution in [2.45, 2.75) is 18.7 Å². The van der Waals surface area contributed by atoms with Gasteiger partial charge in [0.2, 0.25) is 10.0 Å². The van der Waals surface area contributed by atoms with E-state index < -0.39 is 10.0 Å². The van der Waals surface area contributed by atoms with E-state index in [9.17, 15) is 8.42 Å². The van der Waals surface area contributed by atoms with Crippen molar-refractivity contribution >= 4 is 10.0 Å². The molecule has 1 aliphatic rings. The summed E-state index contributed by atoms with van der Waals surface area (Å²) in [6, 6.07) is 8.59. The van der Waals surface area contributed by atoms with E-state index in [0.29, 0.717) is 18.0 Å². The van der Waals surface area contributed by atoms with Crippen LogP contribution in [0.2, 0.25) is 0 Å². The number of hydrogen-bond donors (Lipinski definition) is 0. The van der Waals surface area contributed by atoms with Crippen molar-refractivity contribution in [3.63, 3.8) is 0 Å². The zero-order valence-electron chi connectivity index (χ0n) is 8.97. The molecule has 1 fully saturated rings. The van der Waals surface area contributed by atoms with Crippen molar-refractivity contribution in [2.75, 3.05) is 13.1 Å². The predicted octanol–water partition coefficient (Wildman–Crippen LogP) is 1.72. The van der Waals surface area contributed by atoms with Gasteiger partial charge < -0.3 is 0 Å². The second-order valence-corrected chi connectivity index (χ2v) is 6.69. The van der Waals surface area contributed by atoms with Crippen LogP contribution in [0.1, 0.15) is 13.8 Å². The number of nitrogens with zero attached hydrogens (tertiary/aromatic N) is 1. The fourth-order valence-corrected chi connectivity index (χ4v) is 3.66. The molecule has 0 aromatic heterocycles. The van der Waals surface area contributed by atoms with Crippen LogP contribution in [0.5, 0.6) is 0 Å². The third-order valence-electron chi connectivity index (χ3n) is 2.59. The lowest BCUT2D eigenvalue weighted by Gasteiger charge is -2.44. The molecule has 1 aliphatic heterocycles. The van der Waals surface area contributed by atoms with Crippen LogP contribution < -0.4 is 0 Å². The van der Waals surface area contributed by atoms with Crippen LogP contribution in [0.25, 0.3) is 0 Å². The van der Waals surface area contributed by atoms with E-state index in [-0.39, 0.29) is 5.41 Å². The highest BCUT2D eigenvalue weighted by Gasteiger charge is 2.41. The third kappa shape index (κ3) is 1.92. The Labute approximate surface area is 90.8 Å². The summed E-state index contributed by atoms with van der Waals surface area (Å²) in [6.45, 7) is 5.38. The second kappa shape index (κ2) is 3.32. The fraction of sp³-hybridized carbons (Fsp3) is 0.455. The molecule has 0 saturated carbocycles. The Bertz CT molecular complexity index is 443. The van der Waals surface area contributed by atoms with Gasteiger partial charge in [-0.3, -0.25) is 0 Å². The molecule has 0 atom stereocenters. The third-order valence-corrected chi connectivity index (χ3v) is 4.40. The molecule has 1 saturated heterocycles. The molecule has 4 heteroatoms. The molecule has 1 heterocycles. The average Bonchev–Trinajstić information content (AvgIpc) is 2.15. The van der Waals surface area contributed by atoms with E-state index in [2.05, 4.69) is 13.8 Å². The van der Waals surface area contributed by atoms with Crippen molar-refractivity contribution in [3.8, 4) is 0 Å². The molecule has 1 aromatic carbocycles. The highest BCUT2D eigenvalue weighted by molar-refractivity contribution is 7.89. The van der Waals surface area contributed by atoms with Crippen LogP contribution in [0, 0.1) is 5.41 Å². The molecule has 15 heavy (non-hydrogen) atoms. The minimum atomic E-state index is -3.24. The Morgan fingerprint density at radius 1 is 1.13 bits per heavy atom. The van der Waals surface area contributed by atoms with Gasteiger partial charge in [-0.15, -0.1) is 0 Å². The summed E-state index contributed by atoms with van der Waals surface area (Å²) in [5.74, 6) is 0. The zero-order valence-corrected chi connectivity index (χ0v) is 9.79. The van der Waals surface area contributed by atoms with E-state index in [4.69, 9.17) is 0 Å². The summed E-state index contributed by atoms with van der Waals surface area (Å²) in [5, 5.41) is 0. The summed E-state index contributed by atoms with van der Waals surface area (Å²) in [4.78, 5) is 0.389. The predicted molar refractivity (Wildman–Crippen MR) is 59.0 cm³/mol. The SMILES string of the molecule is CC1(C)CN(S(=O)(=O)c2ccccc2)C1. The standard InChI is InChI=1S/C11H15NO2S/c1-11(2)8-12(9-11)15(13,14)10-6-4-3-5-7-10/h3-7H,8-9H2,1-2H3. The Morgan fingerprint density at radius 2 is 1.67 bits per heavy atom. The molecule has 0 aliphatic carbocycles. The smallest absolute Gasteiger partial charge is 0.207 e. The van der Waals surface area contributed by atoms with Crippen LogP contribution in [0.3, 0.4) is 0 Å². The van der Waals surface area contributed by atoms with Gasteiger partial charge in [0, 0.05) is 13.1 Å². The molecule has 82 valence electrons. The van der Waals surface area contributed by atoms with Gasteiger partial charge >= 0.3 is 0 Å². The molecular formula is C11H15NO2S. The van der Waals surface area contributed by atoms with Crippen molar-refractivity contribution < 1.29 is 8.42 Å². The number of hydrogen-bond acceptors (Lipinski definition) is 2. The Balaban J connectivity index is 2.24. The van der Waals surface area contributed by atoms with Crippen LogP contribution >= 0.6 is 0 Å². The summed E-state index contributed by atoms with van der Waals surface area (Å²) < 4.78 is 25.6. The van der Waals surface area contributed by atoms with Gasteiger partial charge in [-0.05, 0) is 17.5 Å². The van der Waals surface area contributed by atoms with Gasteiger partial charge in [0.05, 0.1) is 4.90 Å². The normalized spacial score (nSPS) is 20.9. The molecular weight excluding hydrogens is 210 g/mol. The van der Waals surface area contributed by atoms with Gasteiger partial charge in [-0.2, -0.15) is 4.31 Å². The van der Waals surface area contributed by atoms with Gasteiger partial charge in [-0.1, -0.05) is 32.0 Å². The van der Waals surface area contributed by atoms with E-state index >= 15 is 0 Å². The lowest BCUT2D eigenvalue weighted by Crippen LogP contribution is -2.55. The van der Waals surface area contributed by atoms with Gasteiger partial charge in [0.1, 0.15) is 0 Å². The highest BCUT2D eigenvalue weighted by Crippen LogP contribution is 2.33. The largest absolute Gasteiger partial charge is 0.243 e. The zero-order chi connectivity index (χ0) is 11.1. The van der Waals surface area contributed by atoms with Gasteiger partial charge in [0.25, 0.3) is 0 Å². The Hall–Kier alpha value is -0.870. The summed E-state index contributed by atoms with van der Waals surface area (Å²) in [5.41, 5.74) is 0.127. The molecule has 2 rings (SSSR count). The average molecular weight is 225 g/mol. The van der Waals surface area contributed by atoms with Crippen molar-refractivity contribution in [3.05, 3.63) is 30.3 Å². The topological polar surface area (TPSA) is 37.4 Å². The van der Waals surface area contributed by atoms with E-state index in [1.54, 1.807) is 24.3 Å². The monoisotopic (exact) mass is 225 g/mol. The Morgan fingerprint density at radius 3 is 2.13 bits per heavy atom. The summed E-state index contributed by atoms with van der Waals surface area (Å²) in [7, 11) is -3.24. The summed E-state index contributed by atoms with van der Waals surface area (Å²) >= 11 is 0. The minimum absolute atomic E-state index is 0.127. The van der Waals surface area contributed by atoms with E-state index in [1.807, 2.05) is 6.07 Å². The lowest BCUT2D eigenvalue weighted by molar-refractivity contribution is 0.111. The second-order valence-electron chi connectivity index (χ2n) is 4.75. The highest BCUT2D eigenvalue weighted by atomic mass is 32.2.